The minimum atomic E-state index is -0.435. The van der Waals surface area contributed by atoms with Crippen molar-refractivity contribution in [2.24, 2.45) is 0 Å². The van der Waals surface area contributed by atoms with Gasteiger partial charge in [0.1, 0.15) is 11.5 Å². The number of esters is 1. The smallest absolute Gasteiger partial charge is 0.355 e. The number of hydrogen-bond donors (Lipinski definition) is 0. The second kappa shape index (κ2) is 10.8. The molecule has 0 aliphatic carbocycles. The van der Waals surface area contributed by atoms with Gasteiger partial charge >= 0.3 is 5.97 Å². The van der Waals surface area contributed by atoms with E-state index in [2.05, 4.69) is 4.98 Å². The fourth-order valence-corrected chi connectivity index (χ4v) is 4.31. The van der Waals surface area contributed by atoms with Crippen molar-refractivity contribution in [2.45, 2.75) is 33.9 Å². The molecule has 0 aliphatic rings. The van der Waals surface area contributed by atoms with E-state index in [1.54, 1.807) is 18.0 Å². The average molecular weight is 468 g/mol. The van der Waals surface area contributed by atoms with Gasteiger partial charge in [-0.3, -0.25) is 9.69 Å². The van der Waals surface area contributed by atoms with Crippen LogP contribution in [0.2, 0.25) is 0 Å². The van der Waals surface area contributed by atoms with Crippen LogP contribution in [0.15, 0.2) is 85.1 Å². The Balaban J connectivity index is 1.82. The van der Waals surface area contributed by atoms with Crippen molar-refractivity contribution in [3.8, 4) is 0 Å². The maximum atomic E-state index is 14.1. The van der Waals surface area contributed by atoms with E-state index in [9.17, 15) is 9.59 Å². The van der Waals surface area contributed by atoms with Gasteiger partial charge in [-0.15, -0.1) is 0 Å². The quantitative estimate of drug-likeness (QED) is 0.318. The van der Waals surface area contributed by atoms with Crippen LogP contribution in [0, 0.1) is 13.8 Å². The first-order valence-electron chi connectivity index (χ1n) is 11.7. The largest absolute Gasteiger partial charge is 0.461 e. The molecule has 0 saturated carbocycles. The molecule has 0 spiro atoms. The number of nitrogens with zero attached hydrogens (tertiary/aromatic N) is 3. The highest BCUT2D eigenvalue weighted by Crippen LogP contribution is 2.28. The highest BCUT2D eigenvalue weighted by molar-refractivity contribution is 6.09. The lowest BCUT2D eigenvalue weighted by atomic mass is 10.1. The molecule has 0 aliphatic heterocycles. The Kier molecular flexibility index (Phi) is 7.41. The molecule has 0 unspecified atom stereocenters. The van der Waals surface area contributed by atoms with Crippen LogP contribution >= 0.6 is 0 Å². The number of hydrogen-bond acceptors (Lipinski definition) is 4. The van der Waals surface area contributed by atoms with Crippen molar-refractivity contribution >= 4 is 17.7 Å². The number of amides is 1. The number of carbonyl (C=O) groups is 2. The van der Waals surface area contributed by atoms with Gasteiger partial charge in [0.05, 0.1) is 18.7 Å². The molecule has 0 N–H and O–H groups in total. The summed E-state index contributed by atoms with van der Waals surface area (Å²) in [7, 11) is 0. The lowest BCUT2D eigenvalue weighted by Gasteiger charge is -2.22. The van der Waals surface area contributed by atoms with Gasteiger partial charge in [0.2, 0.25) is 0 Å². The summed E-state index contributed by atoms with van der Waals surface area (Å²) in [5, 5.41) is 0. The van der Waals surface area contributed by atoms with Gasteiger partial charge in [0.25, 0.3) is 5.91 Å². The molecule has 0 fully saturated rings. The van der Waals surface area contributed by atoms with Crippen LogP contribution in [0.4, 0.5) is 5.82 Å². The van der Waals surface area contributed by atoms with E-state index in [-0.39, 0.29) is 12.5 Å². The number of ether oxygens (including phenoxy) is 1. The lowest BCUT2D eigenvalue weighted by Crippen LogP contribution is -2.32. The third-order valence-electron chi connectivity index (χ3n) is 5.99. The van der Waals surface area contributed by atoms with Gasteiger partial charge in [-0.25, -0.2) is 9.78 Å². The maximum absolute atomic E-state index is 14.1. The van der Waals surface area contributed by atoms with Gasteiger partial charge in [-0.05, 0) is 49.6 Å². The topological polar surface area (TPSA) is 64.4 Å². The van der Waals surface area contributed by atoms with Crippen molar-refractivity contribution in [3.63, 3.8) is 0 Å². The third kappa shape index (κ3) is 5.17. The van der Waals surface area contributed by atoms with Crippen molar-refractivity contribution in [1.29, 1.82) is 0 Å². The average Bonchev–Trinajstić information content (AvgIpc) is 3.13. The molecule has 2 aromatic carbocycles. The normalized spacial score (nSPS) is 10.7. The number of carbonyl (C=O) groups excluding carboxylic acids is 2. The number of anilines is 1. The minimum absolute atomic E-state index is 0.208. The molecule has 2 aromatic heterocycles. The molecule has 4 aromatic rings. The summed E-state index contributed by atoms with van der Waals surface area (Å²) in [5.41, 5.74) is 4.23. The number of benzene rings is 2. The van der Waals surface area contributed by atoms with E-state index >= 15 is 0 Å². The molecule has 0 bridgehead atoms. The Labute approximate surface area is 205 Å². The molecular formula is C29H29N3O3. The van der Waals surface area contributed by atoms with E-state index in [0.29, 0.717) is 41.4 Å². The summed E-state index contributed by atoms with van der Waals surface area (Å²) in [6, 6.07) is 25.2. The monoisotopic (exact) mass is 467 g/mol. The standard InChI is InChI=1S/C29H29N3O3/c1-4-35-29(34)27-21(2)26(22(3)31(27)19-23-13-7-5-8-14-23)28(33)32(25-17-11-12-18-30-25)20-24-15-9-6-10-16-24/h5-18H,4,19-20H2,1-3H3. The molecular weight excluding hydrogens is 438 g/mol. The van der Waals surface area contributed by atoms with Crippen molar-refractivity contribution in [3.05, 3.63) is 119 Å². The van der Waals surface area contributed by atoms with E-state index in [0.717, 1.165) is 11.1 Å². The highest BCUT2D eigenvalue weighted by Gasteiger charge is 2.30. The molecule has 1 amide bonds. The third-order valence-corrected chi connectivity index (χ3v) is 5.99. The summed E-state index contributed by atoms with van der Waals surface area (Å²) in [4.78, 5) is 33.2. The van der Waals surface area contributed by atoms with Gasteiger partial charge in [-0.2, -0.15) is 0 Å². The first-order chi connectivity index (χ1) is 17.0. The summed E-state index contributed by atoms with van der Waals surface area (Å²) in [6.07, 6.45) is 1.67. The van der Waals surface area contributed by atoms with E-state index in [1.165, 1.54) is 0 Å². The molecule has 178 valence electrons. The van der Waals surface area contributed by atoms with E-state index in [1.807, 2.05) is 97.3 Å². The zero-order chi connectivity index (χ0) is 24.8. The first kappa shape index (κ1) is 24.0. The molecule has 0 radical (unpaired) electrons. The minimum Gasteiger partial charge on any atom is -0.461 e. The lowest BCUT2D eigenvalue weighted by molar-refractivity contribution is 0.0513. The predicted octanol–water partition coefficient (Wildman–Crippen LogP) is 5.57. The first-order valence-corrected chi connectivity index (χ1v) is 11.7. The highest BCUT2D eigenvalue weighted by atomic mass is 16.5. The SMILES string of the molecule is CCOC(=O)c1c(C)c(C(=O)N(Cc2ccccc2)c2ccccn2)c(C)n1Cc1ccccc1. The van der Waals surface area contributed by atoms with Crippen LogP contribution in [0.3, 0.4) is 0 Å². The summed E-state index contributed by atoms with van der Waals surface area (Å²) < 4.78 is 7.26. The Hall–Kier alpha value is -4.19. The maximum Gasteiger partial charge on any atom is 0.355 e. The molecule has 0 atom stereocenters. The van der Waals surface area contributed by atoms with Gasteiger partial charge in [0.15, 0.2) is 0 Å². The summed E-state index contributed by atoms with van der Waals surface area (Å²) in [5.74, 6) is -0.0934. The van der Waals surface area contributed by atoms with Gasteiger partial charge < -0.3 is 9.30 Å². The van der Waals surface area contributed by atoms with Gasteiger partial charge in [0, 0.05) is 18.4 Å². The van der Waals surface area contributed by atoms with Crippen molar-refractivity contribution < 1.29 is 14.3 Å². The molecule has 35 heavy (non-hydrogen) atoms. The Morgan fingerprint density at radius 3 is 2.11 bits per heavy atom. The summed E-state index contributed by atoms with van der Waals surface area (Å²) in [6.45, 7) is 6.54. The van der Waals surface area contributed by atoms with Crippen LogP contribution in [0.25, 0.3) is 0 Å². The van der Waals surface area contributed by atoms with Gasteiger partial charge in [-0.1, -0.05) is 66.7 Å². The zero-order valence-corrected chi connectivity index (χ0v) is 20.3. The van der Waals surface area contributed by atoms with Crippen LogP contribution in [-0.2, 0) is 17.8 Å². The van der Waals surface area contributed by atoms with Crippen LogP contribution in [0.1, 0.15) is 50.2 Å². The Morgan fingerprint density at radius 1 is 0.886 bits per heavy atom. The van der Waals surface area contributed by atoms with E-state index < -0.39 is 5.97 Å². The van der Waals surface area contributed by atoms with E-state index in [4.69, 9.17) is 4.74 Å². The van der Waals surface area contributed by atoms with Crippen LogP contribution in [-0.4, -0.2) is 28.0 Å². The van der Waals surface area contributed by atoms with Crippen LogP contribution < -0.4 is 4.90 Å². The number of rotatable bonds is 8. The number of aromatic nitrogens is 2. The molecule has 2 heterocycles. The second-order valence-electron chi connectivity index (χ2n) is 8.29. The Morgan fingerprint density at radius 2 is 1.51 bits per heavy atom. The fraction of sp³-hybridized carbons (Fsp3) is 0.207. The predicted molar refractivity (Wildman–Crippen MR) is 137 cm³/mol. The molecule has 0 saturated heterocycles. The van der Waals surface area contributed by atoms with Crippen molar-refractivity contribution in [2.75, 3.05) is 11.5 Å². The second-order valence-corrected chi connectivity index (χ2v) is 8.29. The zero-order valence-electron chi connectivity index (χ0n) is 20.3. The molecule has 6 heteroatoms. The van der Waals surface area contributed by atoms with Crippen LogP contribution in [0.5, 0.6) is 0 Å². The van der Waals surface area contributed by atoms with Crippen molar-refractivity contribution in [1.82, 2.24) is 9.55 Å². The fourth-order valence-electron chi connectivity index (χ4n) is 4.31. The Bertz CT molecular complexity index is 1300. The molecule has 4 rings (SSSR count). The number of pyridine rings is 1. The summed E-state index contributed by atoms with van der Waals surface area (Å²) >= 11 is 0. The molecule has 6 nitrogen and oxygen atoms in total.